The Kier molecular flexibility index (Phi) is 5.98. The lowest BCUT2D eigenvalue weighted by Crippen LogP contribution is -2.42. The Labute approximate surface area is 151 Å². The van der Waals surface area contributed by atoms with Gasteiger partial charge in [0.1, 0.15) is 16.5 Å². The zero-order chi connectivity index (χ0) is 18.6. The number of rotatable bonds is 6. The van der Waals surface area contributed by atoms with E-state index in [0.717, 1.165) is 17.7 Å². The van der Waals surface area contributed by atoms with Crippen LogP contribution in [0.1, 0.15) is 11.7 Å². The largest absolute Gasteiger partial charge is 0.371 e. The van der Waals surface area contributed by atoms with Crippen molar-refractivity contribution in [1.82, 2.24) is 9.62 Å². The molecular weight excluding hydrogens is 362 g/mol. The smallest absolute Gasteiger partial charge is 0.243 e. The van der Waals surface area contributed by atoms with Gasteiger partial charge in [-0.3, -0.25) is 4.90 Å². The standard InChI is InChI=1S/C18H20F2N2O3S/c19-15-6-7-16(20)18(12-15)26(23,24)21-8-9-22-10-11-25-17(13-22)14-4-2-1-3-5-14/h1-7,12,17,21H,8-11,13H2. The summed E-state index contributed by atoms with van der Waals surface area (Å²) in [5.41, 5.74) is 1.07. The summed E-state index contributed by atoms with van der Waals surface area (Å²) in [7, 11) is -4.10. The molecule has 140 valence electrons. The molecule has 2 aromatic rings. The van der Waals surface area contributed by atoms with E-state index in [0.29, 0.717) is 32.3 Å². The molecule has 0 amide bonds. The molecule has 5 nitrogen and oxygen atoms in total. The molecule has 0 bridgehead atoms. The molecule has 0 saturated carbocycles. The maximum absolute atomic E-state index is 13.7. The third-order valence-corrected chi connectivity index (χ3v) is 5.70. The highest BCUT2D eigenvalue weighted by molar-refractivity contribution is 7.89. The molecule has 1 N–H and O–H groups in total. The maximum atomic E-state index is 13.7. The number of benzene rings is 2. The average Bonchev–Trinajstić information content (AvgIpc) is 2.64. The van der Waals surface area contributed by atoms with Crippen LogP contribution in [0.25, 0.3) is 0 Å². The third-order valence-electron chi connectivity index (χ3n) is 4.22. The Balaban J connectivity index is 1.56. The van der Waals surface area contributed by atoms with E-state index >= 15 is 0 Å². The van der Waals surface area contributed by atoms with Crippen molar-refractivity contribution in [3.8, 4) is 0 Å². The summed E-state index contributed by atoms with van der Waals surface area (Å²) in [4.78, 5) is 1.40. The second-order valence-corrected chi connectivity index (χ2v) is 7.78. The van der Waals surface area contributed by atoms with E-state index in [2.05, 4.69) is 9.62 Å². The normalized spacial score (nSPS) is 18.8. The molecule has 1 aliphatic rings. The van der Waals surface area contributed by atoms with Crippen LogP contribution in [0.4, 0.5) is 8.78 Å². The number of halogens is 2. The predicted molar refractivity (Wildman–Crippen MR) is 93.1 cm³/mol. The Bertz CT molecular complexity index is 847. The summed E-state index contributed by atoms with van der Waals surface area (Å²) in [5, 5.41) is 0. The van der Waals surface area contributed by atoms with Crippen molar-refractivity contribution in [1.29, 1.82) is 0 Å². The summed E-state index contributed by atoms with van der Waals surface area (Å²) < 4.78 is 59.3. The summed E-state index contributed by atoms with van der Waals surface area (Å²) in [5.74, 6) is -1.78. The molecule has 0 aromatic heterocycles. The van der Waals surface area contributed by atoms with Gasteiger partial charge in [-0.15, -0.1) is 0 Å². The number of hydrogen-bond donors (Lipinski definition) is 1. The molecule has 2 aromatic carbocycles. The Hall–Kier alpha value is -1.87. The van der Waals surface area contributed by atoms with Crippen LogP contribution >= 0.6 is 0 Å². The molecule has 1 saturated heterocycles. The average molecular weight is 382 g/mol. The van der Waals surface area contributed by atoms with Gasteiger partial charge in [-0.2, -0.15) is 0 Å². The van der Waals surface area contributed by atoms with Crippen LogP contribution in [0.5, 0.6) is 0 Å². The Morgan fingerprint density at radius 3 is 2.69 bits per heavy atom. The first-order valence-corrected chi connectivity index (χ1v) is 9.77. The van der Waals surface area contributed by atoms with Gasteiger partial charge in [-0.25, -0.2) is 21.9 Å². The van der Waals surface area contributed by atoms with Crippen LogP contribution in [-0.4, -0.2) is 46.1 Å². The molecule has 1 heterocycles. The van der Waals surface area contributed by atoms with Crippen LogP contribution in [0.3, 0.4) is 0 Å². The van der Waals surface area contributed by atoms with Crippen molar-refractivity contribution in [3.63, 3.8) is 0 Å². The summed E-state index contributed by atoms with van der Waals surface area (Å²) in [6.45, 7) is 2.41. The zero-order valence-corrected chi connectivity index (χ0v) is 14.9. The first-order chi connectivity index (χ1) is 12.5. The monoisotopic (exact) mass is 382 g/mol. The van der Waals surface area contributed by atoms with E-state index in [1.54, 1.807) is 0 Å². The quantitative estimate of drug-likeness (QED) is 0.833. The lowest BCUT2D eigenvalue weighted by atomic mass is 10.1. The van der Waals surface area contributed by atoms with Gasteiger partial charge in [0.05, 0.1) is 12.7 Å². The lowest BCUT2D eigenvalue weighted by molar-refractivity contribution is -0.0291. The summed E-state index contributed by atoms with van der Waals surface area (Å²) in [6.07, 6.45) is -0.0674. The molecule has 1 fully saturated rings. The molecule has 1 atom stereocenters. The van der Waals surface area contributed by atoms with Crippen molar-refractivity contribution < 1.29 is 21.9 Å². The fraction of sp³-hybridized carbons (Fsp3) is 0.333. The highest BCUT2D eigenvalue weighted by Crippen LogP contribution is 2.21. The third kappa shape index (κ3) is 4.64. The summed E-state index contributed by atoms with van der Waals surface area (Å²) >= 11 is 0. The van der Waals surface area contributed by atoms with Crippen molar-refractivity contribution in [2.75, 3.05) is 32.8 Å². The first kappa shape index (κ1) is 18.9. The number of sulfonamides is 1. The molecule has 26 heavy (non-hydrogen) atoms. The van der Waals surface area contributed by atoms with Gasteiger partial charge in [0, 0.05) is 26.2 Å². The van der Waals surface area contributed by atoms with Gasteiger partial charge in [0.2, 0.25) is 10.0 Å². The molecular formula is C18H20F2N2O3S. The van der Waals surface area contributed by atoms with Gasteiger partial charge < -0.3 is 4.74 Å². The number of nitrogens with zero attached hydrogens (tertiary/aromatic N) is 1. The van der Waals surface area contributed by atoms with E-state index in [9.17, 15) is 17.2 Å². The molecule has 0 spiro atoms. The topological polar surface area (TPSA) is 58.6 Å². The van der Waals surface area contributed by atoms with Crippen LogP contribution in [-0.2, 0) is 14.8 Å². The highest BCUT2D eigenvalue weighted by atomic mass is 32.2. The first-order valence-electron chi connectivity index (χ1n) is 8.29. The van der Waals surface area contributed by atoms with Crippen LogP contribution in [0.15, 0.2) is 53.4 Å². The molecule has 0 aliphatic carbocycles. The van der Waals surface area contributed by atoms with E-state index in [1.807, 2.05) is 30.3 Å². The van der Waals surface area contributed by atoms with Crippen molar-refractivity contribution in [3.05, 3.63) is 65.7 Å². The van der Waals surface area contributed by atoms with Gasteiger partial charge in [0.25, 0.3) is 0 Å². The number of ether oxygens (including phenoxy) is 1. The molecule has 1 unspecified atom stereocenters. The van der Waals surface area contributed by atoms with Gasteiger partial charge in [-0.05, 0) is 23.8 Å². The van der Waals surface area contributed by atoms with Crippen LogP contribution < -0.4 is 4.72 Å². The van der Waals surface area contributed by atoms with Crippen molar-refractivity contribution >= 4 is 10.0 Å². The minimum absolute atomic E-state index is 0.0674. The molecule has 3 rings (SSSR count). The minimum Gasteiger partial charge on any atom is -0.371 e. The van der Waals surface area contributed by atoms with Crippen LogP contribution in [0.2, 0.25) is 0 Å². The SMILES string of the molecule is O=S(=O)(NCCN1CCOC(c2ccccc2)C1)c1cc(F)ccc1F. The van der Waals surface area contributed by atoms with Gasteiger partial charge >= 0.3 is 0 Å². The van der Waals surface area contributed by atoms with E-state index in [4.69, 9.17) is 4.74 Å². The van der Waals surface area contributed by atoms with E-state index in [1.165, 1.54) is 0 Å². The van der Waals surface area contributed by atoms with E-state index in [-0.39, 0.29) is 12.6 Å². The van der Waals surface area contributed by atoms with Gasteiger partial charge in [-0.1, -0.05) is 30.3 Å². The predicted octanol–water partition coefficient (Wildman–Crippen LogP) is 2.32. The second-order valence-electron chi connectivity index (χ2n) is 6.04. The van der Waals surface area contributed by atoms with E-state index < -0.39 is 26.6 Å². The fourth-order valence-corrected chi connectivity index (χ4v) is 3.98. The molecule has 0 radical (unpaired) electrons. The Morgan fingerprint density at radius 1 is 1.15 bits per heavy atom. The number of hydrogen-bond acceptors (Lipinski definition) is 4. The van der Waals surface area contributed by atoms with Crippen molar-refractivity contribution in [2.45, 2.75) is 11.0 Å². The van der Waals surface area contributed by atoms with Crippen molar-refractivity contribution in [2.24, 2.45) is 0 Å². The lowest BCUT2D eigenvalue weighted by Gasteiger charge is -2.33. The molecule has 1 aliphatic heterocycles. The van der Waals surface area contributed by atoms with Crippen LogP contribution in [0, 0.1) is 11.6 Å². The Morgan fingerprint density at radius 2 is 1.92 bits per heavy atom. The van der Waals surface area contributed by atoms with Gasteiger partial charge in [0.15, 0.2) is 0 Å². The number of nitrogens with one attached hydrogen (secondary N) is 1. The fourth-order valence-electron chi connectivity index (χ4n) is 2.87. The zero-order valence-electron chi connectivity index (χ0n) is 14.1. The maximum Gasteiger partial charge on any atom is 0.243 e. The second kappa shape index (κ2) is 8.22. The minimum atomic E-state index is -4.10. The highest BCUT2D eigenvalue weighted by Gasteiger charge is 2.23. The molecule has 8 heteroatoms. The number of morpholine rings is 1. The summed E-state index contributed by atoms with van der Waals surface area (Å²) in [6, 6.07) is 12.2.